The lowest BCUT2D eigenvalue weighted by molar-refractivity contribution is -0.384. The summed E-state index contributed by atoms with van der Waals surface area (Å²) in [5.74, 6) is 0.374. The summed E-state index contributed by atoms with van der Waals surface area (Å²) in [6, 6.07) is 4.67. The molecular weight excluding hydrogens is 270 g/mol. The van der Waals surface area contributed by atoms with Crippen molar-refractivity contribution in [2.45, 2.75) is 26.7 Å². The van der Waals surface area contributed by atoms with E-state index in [1.165, 1.54) is 6.07 Å². The van der Waals surface area contributed by atoms with Crippen LogP contribution in [0.5, 0.6) is 0 Å². The molecule has 1 aromatic carbocycles. The summed E-state index contributed by atoms with van der Waals surface area (Å²) >= 11 is 0. The quantitative estimate of drug-likeness (QED) is 0.668. The highest BCUT2D eigenvalue weighted by molar-refractivity contribution is 5.96. The smallest absolute Gasteiger partial charge is 0.293 e. The Bertz CT molecular complexity index is 545. The van der Waals surface area contributed by atoms with E-state index >= 15 is 0 Å². The summed E-state index contributed by atoms with van der Waals surface area (Å²) in [5, 5.41) is 14.2. The van der Waals surface area contributed by atoms with Crippen molar-refractivity contribution in [2.24, 2.45) is 5.92 Å². The van der Waals surface area contributed by atoms with E-state index in [9.17, 15) is 14.9 Å². The van der Waals surface area contributed by atoms with Crippen LogP contribution in [0.4, 0.5) is 11.4 Å². The van der Waals surface area contributed by atoms with E-state index < -0.39 is 4.92 Å². The third kappa shape index (κ3) is 3.51. The Labute approximate surface area is 124 Å². The number of carbonyl (C=O) groups excluding carboxylic acids is 1. The summed E-state index contributed by atoms with van der Waals surface area (Å²) in [6.45, 7) is 6.21. The van der Waals surface area contributed by atoms with Gasteiger partial charge in [-0.25, -0.2) is 0 Å². The van der Waals surface area contributed by atoms with Gasteiger partial charge in [-0.3, -0.25) is 14.9 Å². The summed E-state index contributed by atoms with van der Waals surface area (Å²) in [6.07, 6.45) is 1.87. The fourth-order valence-electron chi connectivity index (χ4n) is 2.53. The molecule has 1 N–H and O–H groups in total. The zero-order chi connectivity index (χ0) is 15.4. The van der Waals surface area contributed by atoms with Gasteiger partial charge < -0.3 is 10.2 Å². The van der Waals surface area contributed by atoms with Crippen molar-refractivity contribution in [1.82, 2.24) is 4.90 Å². The van der Waals surface area contributed by atoms with Crippen LogP contribution in [-0.4, -0.2) is 35.4 Å². The first-order chi connectivity index (χ1) is 10.0. The first-order valence-corrected chi connectivity index (χ1v) is 7.34. The van der Waals surface area contributed by atoms with Crippen LogP contribution in [0, 0.1) is 16.0 Å². The Balaban J connectivity index is 2.22. The molecule has 2 rings (SSSR count). The second-order valence-corrected chi connectivity index (χ2v) is 5.56. The number of benzene rings is 1. The average molecular weight is 291 g/mol. The third-order valence-corrected chi connectivity index (χ3v) is 3.72. The van der Waals surface area contributed by atoms with E-state index in [0.717, 1.165) is 25.9 Å². The maximum atomic E-state index is 12.4. The molecule has 0 spiro atoms. The van der Waals surface area contributed by atoms with Gasteiger partial charge in [0, 0.05) is 31.3 Å². The molecule has 1 aliphatic rings. The molecular formula is C15H21N3O3. The lowest BCUT2D eigenvalue weighted by Crippen LogP contribution is -2.28. The summed E-state index contributed by atoms with van der Waals surface area (Å²) in [4.78, 5) is 24.9. The van der Waals surface area contributed by atoms with Gasteiger partial charge in [0.1, 0.15) is 5.69 Å². The maximum absolute atomic E-state index is 12.4. The van der Waals surface area contributed by atoms with Gasteiger partial charge in [0.05, 0.1) is 4.92 Å². The van der Waals surface area contributed by atoms with Crippen molar-refractivity contribution in [3.8, 4) is 0 Å². The zero-order valence-corrected chi connectivity index (χ0v) is 12.5. The Morgan fingerprint density at radius 2 is 2.29 bits per heavy atom. The maximum Gasteiger partial charge on any atom is 0.293 e. The molecule has 1 aliphatic heterocycles. The second kappa shape index (κ2) is 6.56. The zero-order valence-electron chi connectivity index (χ0n) is 12.5. The Morgan fingerprint density at radius 3 is 2.86 bits per heavy atom. The highest BCUT2D eigenvalue weighted by atomic mass is 16.6. The van der Waals surface area contributed by atoms with E-state index in [2.05, 4.69) is 12.2 Å². The average Bonchev–Trinajstić information content (AvgIpc) is 2.90. The normalized spacial score (nSPS) is 17.8. The lowest BCUT2D eigenvalue weighted by Gasteiger charge is -2.16. The lowest BCUT2D eigenvalue weighted by atomic mass is 10.1. The van der Waals surface area contributed by atoms with Crippen LogP contribution >= 0.6 is 0 Å². The van der Waals surface area contributed by atoms with Crippen molar-refractivity contribution in [3.63, 3.8) is 0 Å². The molecule has 21 heavy (non-hydrogen) atoms. The molecule has 0 aromatic heterocycles. The number of nitro groups is 1. The third-order valence-electron chi connectivity index (χ3n) is 3.72. The van der Waals surface area contributed by atoms with Crippen LogP contribution in [0.2, 0.25) is 0 Å². The number of hydrogen-bond donors (Lipinski definition) is 1. The van der Waals surface area contributed by atoms with Crippen molar-refractivity contribution >= 4 is 17.3 Å². The van der Waals surface area contributed by atoms with E-state index in [4.69, 9.17) is 0 Å². The van der Waals surface area contributed by atoms with Gasteiger partial charge in [-0.2, -0.15) is 0 Å². The van der Waals surface area contributed by atoms with Crippen LogP contribution in [0.25, 0.3) is 0 Å². The van der Waals surface area contributed by atoms with Gasteiger partial charge in [0.15, 0.2) is 0 Å². The van der Waals surface area contributed by atoms with Gasteiger partial charge in [0.25, 0.3) is 11.6 Å². The number of hydrogen-bond acceptors (Lipinski definition) is 4. The molecule has 0 bridgehead atoms. The van der Waals surface area contributed by atoms with Crippen LogP contribution in [0.1, 0.15) is 37.0 Å². The molecule has 1 saturated heterocycles. The Hall–Kier alpha value is -2.11. The summed E-state index contributed by atoms with van der Waals surface area (Å²) in [7, 11) is 0. The SMILES string of the molecule is CCCNc1ccc(C(=O)N2CCC(C)C2)cc1[N+](=O)[O-]. The largest absolute Gasteiger partial charge is 0.380 e. The number of nitrogens with one attached hydrogen (secondary N) is 1. The highest BCUT2D eigenvalue weighted by Crippen LogP contribution is 2.27. The number of rotatable bonds is 5. The number of nitro benzene ring substituents is 1. The minimum absolute atomic E-state index is 0.0402. The van der Waals surface area contributed by atoms with Crippen molar-refractivity contribution < 1.29 is 9.72 Å². The van der Waals surface area contributed by atoms with E-state index in [0.29, 0.717) is 23.7 Å². The van der Waals surface area contributed by atoms with Crippen molar-refractivity contribution in [3.05, 3.63) is 33.9 Å². The number of carbonyl (C=O) groups is 1. The molecule has 6 nitrogen and oxygen atoms in total. The monoisotopic (exact) mass is 291 g/mol. The van der Waals surface area contributed by atoms with Crippen LogP contribution < -0.4 is 5.32 Å². The van der Waals surface area contributed by atoms with Crippen LogP contribution in [0.15, 0.2) is 18.2 Å². The van der Waals surface area contributed by atoms with Crippen LogP contribution in [0.3, 0.4) is 0 Å². The first-order valence-electron chi connectivity index (χ1n) is 7.34. The molecule has 0 saturated carbocycles. The summed E-state index contributed by atoms with van der Waals surface area (Å²) in [5.41, 5.74) is 0.813. The minimum Gasteiger partial charge on any atom is -0.380 e. The van der Waals surface area contributed by atoms with Gasteiger partial charge >= 0.3 is 0 Å². The Morgan fingerprint density at radius 1 is 1.52 bits per heavy atom. The molecule has 1 heterocycles. The molecule has 0 aliphatic carbocycles. The highest BCUT2D eigenvalue weighted by Gasteiger charge is 2.26. The number of amides is 1. The van der Waals surface area contributed by atoms with Crippen molar-refractivity contribution in [1.29, 1.82) is 0 Å². The van der Waals surface area contributed by atoms with E-state index in [1.54, 1.807) is 17.0 Å². The number of likely N-dealkylation sites (tertiary alicyclic amines) is 1. The molecule has 6 heteroatoms. The van der Waals surface area contributed by atoms with Gasteiger partial charge in [-0.15, -0.1) is 0 Å². The molecule has 114 valence electrons. The Kier molecular flexibility index (Phi) is 4.77. The second-order valence-electron chi connectivity index (χ2n) is 5.56. The van der Waals surface area contributed by atoms with E-state index in [-0.39, 0.29) is 11.6 Å². The molecule has 1 aromatic rings. The molecule has 1 unspecified atom stereocenters. The fraction of sp³-hybridized carbons (Fsp3) is 0.533. The molecule has 1 atom stereocenters. The van der Waals surface area contributed by atoms with Gasteiger partial charge in [-0.05, 0) is 30.9 Å². The molecule has 1 amide bonds. The van der Waals surface area contributed by atoms with E-state index in [1.807, 2.05) is 6.92 Å². The fourth-order valence-corrected chi connectivity index (χ4v) is 2.53. The standard InChI is InChI=1S/C15H21N3O3/c1-3-7-16-13-5-4-12(9-14(13)18(20)21)15(19)17-8-6-11(2)10-17/h4-5,9,11,16H,3,6-8,10H2,1-2H3. The summed E-state index contributed by atoms with van der Waals surface area (Å²) < 4.78 is 0. The molecule has 1 fully saturated rings. The predicted molar refractivity (Wildman–Crippen MR) is 81.6 cm³/mol. The topological polar surface area (TPSA) is 75.5 Å². The molecule has 0 radical (unpaired) electrons. The van der Waals surface area contributed by atoms with Gasteiger partial charge in [0.2, 0.25) is 0 Å². The first kappa shape index (κ1) is 15.3. The minimum atomic E-state index is -0.443. The predicted octanol–water partition coefficient (Wildman–Crippen LogP) is 2.90. The number of nitrogens with zero attached hydrogens (tertiary/aromatic N) is 2. The number of anilines is 1. The van der Waals surface area contributed by atoms with Crippen molar-refractivity contribution in [2.75, 3.05) is 25.0 Å². The van der Waals surface area contributed by atoms with Crippen LogP contribution in [-0.2, 0) is 0 Å². The van der Waals surface area contributed by atoms with Gasteiger partial charge in [-0.1, -0.05) is 13.8 Å².